The Bertz CT molecular complexity index is 5220. The molecule has 40 heteroatoms. The fraction of sp³-hybridized carbons (Fsp3) is 0.450. The van der Waals surface area contributed by atoms with Gasteiger partial charge in [0.25, 0.3) is 41.1 Å². The zero-order valence-electron chi connectivity index (χ0n) is 66.0. The number of hydrogen-bond acceptors (Lipinski definition) is 30. The van der Waals surface area contributed by atoms with Gasteiger partial charge in [0.1, 0.15) is 39.5 Å². The molecule has 3 aromatic carbocycles. The number of carbonyl (C=O) groups excluding carboxylic acids is 12. The largest absolute Gasteiger partial charge is 0.412 e. The van der Waals surface area contributed by atoms with E-state index in [1.165, 1.54) is 66.4 Å². The highest BCUT2D eigenvalue weighted by Gasteiger charge is 2.48. The van der Waals surface area contributed by atoms with Crippen LogP contribution in [0, 0.1) is 34.8 Å². The number of imide groups is 4. The fourth-order valence-electron chi connectivity index (χ4n) is 17.4. The zero-order valence-corrected chi connectivity index (χ0v) is 67.7. The van der Waals surface area contributed by atoms with Crippen molar-refractivity contribution in [1.82, 2.24) is 70.0 Å². The molecular formula is C80H91N23O15S2. The van der Waals surface area contributed by atoms with Crippen LogP contribution >= 0.6 is 23.1 Å². The number of nitrogens with zero attached hydrogens (tertiary/aromatic N) is 14. The summed E-state index contributed by atoms with van der Waals surface area (Å²) in [7, 11) is 0. The third-order valence-electron chi connectivity index (χ3n) is 24.1. The minimum absolute atomic E-state index is 0.0122. The van der Waals surface area contributed by atoms with Crippen LogP contribution in [0.4, 0.5) is 59.9 Å². The van der Waals surface area contributed by atoms with Gasteiger partial charge in [-0.3, -0.25) is 78.5 Å². The van der Waals surface area contributed by atoms with Gasteiger partial charge in [-0.05, 0) is 211 Å². The predicted molar refractivity (Wildman–Crippen MR) is 440 cm³/mol. The van der Waals surface area contributed by atoms with Crippen molar-refractivity contribution in [3.05, 3.63) is 140 Å². The van der Waals surface area contributed by atoms with Crippen molar-refractivity contribution in [3.8, 4) is 5.75 Å². The molecule has 120 heavy (non-hydrogen) atoms. The first-order chi connectivity index (χ1) is 57.7. The van der Waals surface area contributed by atoms with Gasteiger partial charge in [-0.2, -0.15) is 8.75 Å². The number of nitro benzene ring substituents is 1. The molecule has 38 nitrogen and oxygen atoms in total. The standard InChI is InChI=1S/C37H43N11O6S.C22H26N4O4.C21H22N8O5S/c1-21-17-29(55-44-21)43-32-30(31(38)50)39-19-27(41-32)47-12-2-3-22(20-47)40-36(54)46-15-10-37(11-16-46)8-13-45(14-9-37)23-4-5-24-25(18-23)35(53)48(34(24)52)26-6-7-28(49)42-33(26)51;27-18-4-3-17(19(28)24-18)26-20(29)15-2-1-14(13-16(15)21(26)30)25-11-7-22(8-12-25)5-9-23-10-6-22;1-12-9-17(35-27-12)26-20-18(19(22)30)23-10-16(25-20)28-8-2-3-13(11-28)24-21(31)34-15-6-4-14(5-7-15)29(32)33/h4-5,17-19,22,26H,2-3,6-16,20H2,1H3,(H2,38,50)(H,40,54)(H,41,43)(H,42,49,51);1-2,13,17,23H,3-12H2,(H,24,27,28);4-7,9-10,13H,2-3,8,11H2,1H3,(H2,22,30)(H,24,31)(H,25,26). The molecule has 8 fully saturated rings. The number of piperidine rings is 8. The Balaban J connectivity index is 0.000000149. The molecule has 13 amide bonds. The molecule has 4 atom stereocenters. The molecule has 14 heterocycles. The van der Waals surface area contributed by atoms with Crippen LogP contribution in [0.15, 0.2) is 85.2 Å². The normalized spacial score (nSPS) is 21.3. The van der Waals surface area contributed by atoms with E-state index in [1.807, 2.05) is 47.9 Å². The van der Waals surface area contributed by atoms with Crippen molar-refractivity contribution in [2.24, 2.45) is 22.3 Å². The van der Waals surface area contributed by atoms with Crippen molar-refractivity contribution < 1.29 is 67.2 Å². The number of hydrogen-bond donors (Lipinski definition) is 9. The smallest absolute Gasteiger partial charge is 0.410 e. The average Bonchev–Trinajstić information content (AvgIpc) is 1.61. The summed E-state index contributed by atoms with van der Waals surface area (Å²) in [6.07, 6.45) is 14.5. The van der Waals surface area contributed by atoms with Gasteiger partial charge in [-0.1, -0.05) is 0 Å². The summed E-state index contributed by atoms with van der Waals surface area (Å²) in [6.45, 7) is 13.1. The molecular weight excluding hydrogens is 1590 g/mol. The van der Waals surface area contributed by atoms with Crippen molar-refractivity contribution >= 4 is 145 Å². The van der Waals surface area contributed by atoms with E-state index in [-0.39, 0.29) is 101 Å². The highest BCUT2D eigenvalue weighted by Crippen LogP contribution is 2.45. The van der Waals surface area contributed by atoms with E-state index in [0.29, 0.717) is 65.9 Å². The van der Waals surface area contributed by atoms with Gasteiger partial charge >= 0.3 is 12.1 Å². The molecule has 2 spiro atoms. The number of rotatable bonds is 16. The van der Waals surface area contributed by atoms with E-state index in [0.717, 1.165) is 148 Å². The van der Waals surface area contributed by atoms with E-state index in [9.17, 15) is 67.6 Å². The number of nitrogens with one attached hydrogen (secondary N) is 7. The number of fused-ring (bicyclic) bond motifs is 2. The number of nitro groups is 1. The molecule has 0 saturated carbocycles. The van der Waals surface area contributed by atoms with E-state index < -0.39 is 76.3 Å². The fourth-order valence-corrected chi connectivity index (χ4v) is 18.7. The van der Waals surface area contributed by atoms with Crippen LogP contribution in [0.2, 0.25) is 0 Å². The first-order valence-electron chi connectivity index (χ1n) is 40.2. The second-order valence-corrected chi connectivity index (χ2v) is 33.5. The average molecular weight is 1680 g/mol. The second kappa shape index (κ2) is 35.1. The van der Waals surface area contributed by atoms with Gasteiger partial charge in [0.05, 0.1) is 51.0 Å². The molecule has 11 N–H and O–H groups in total. The summed E-state index contributed by atoms with van der Waals surface area (Å²) < 4.78 is 13.7. The first-order valence-corrected chi connectivity index (χ1v) is 41.7. The molecule has 628 valence electrons. The van der Waals surface area contributed by atoms with E-state index in [2.05, 4.69) is 75.6 Å². The van der Waals surface area contributed by atoms with Crippen LogP contribution in [-0.4, -0.2) is 222 Å². The van der Waals surface area contributed by atoms with Crippen molar-refractivity contribution in [2.45, 2.75) is 141 Å². The summed E-state index contributed by atoms with van der Waals surface area (Å²) in [6, 6.07) is 17.3. The number of anilines is 8. The molecule has 10 aliphatic rings. The maximum absolute atomic E-state index is 13.5. The van der Waals surface area contributed by atoms with Crippen LogP contribution in [-0.2, 0) is 19.2 Å². The van der Waals surface area contributed by atoms with Crippen LogP contribution < -0.4 is 73.0 Å². The van der Waals surface area contributed by atoms with E-state index >= 15 is 0 Å². The second-order valence-electron chi connectivity index (χ2n) is 31.9. The minimum Gasteiger partial charge on any atom is -0.410 e. The summed E-state index contributed by atoms with van der Waals surface area (Å²) in [5, 5.41) is 32.3. The van der Waals surface area contributed by atoms with E-state index in [1.54, 1.807) is 30.5 Å². The minimum atomic E-state index is -0.992. The number of aromatic nitrogens is 6. The number of urea groups is 1. The van der Waals surface area contributed by atoms with Gasteiger partial charge in [0.2, 0.25) is 23.6 Å². The number of primary amides is 2. The van der Waals surface area contributed by atoms with Gasteiger partial charge < -0.3 is 67.3 Å². The highest BCUT2D eigenvalue weighted by atomic mass is 32.1. The Morgan fingerprint density at radius 1 is 0.533 bits per heavy atom. The Morgan fingerprint density at radius 2 is 0.967 bits per heavy atom. The monoisotopic (exact) mass is 1680 g/mol. The Morgan fingerprint density at radius 3 is 1.39 bits per heavy atom. The zero-order chi connectivity index (χ0) is 84.3. The highest BCUT2D eigenvalue weighted by molar-refractivity contribution is 7.10. The lowest BCUT2D eigenvalue weighted by atomic mass is 9.71. The summed E-state index contributed by atoms with van der Waals surface area (Å²) in [4.78, 5) is 190. The van der Waals surface area contributed by atoms with Gasteiger partial charge in [0.15, 0.2) is 23.0 Å². The lowest BCUT2D eigenvalue weighted by Crippen LogP contribution is -2.55. The lowest BCUT2D eigenvalue weighted by Gasteiger charge is -2.47. The number of ether oxygens (including phenoxy) is 1. The van der Waals surface area contributed by atoms with Gasteiger partial charge in [-0.15, -0.1) is 0 Å². The number of amides is 13. The number of aryl methyl sites for hydroxylation is 2. The maximum atomic E-state index is 13.5. The number of carbonyl (C=O) groups is 12. The molecule has 8 saturated heterocycles. The Labute approximate surface area is 696 Å². The van der Waals surface area contributed by atoms with Crippen molar-refractivity contribution in [3.63, 3.8) is 0 Å². The molecule has 0 aliphatic carbocycles. The maximum Gasteiger partial charge on any atom is 0.412 e. The Hall–Kier alpha value is -12.7. The molecule has 0 bridgehead atoms. The lowest BCUT2D eigenvalue weighted by molar-refractivity contribution is -0.384. The van der Waals surface area contributed by atoms with Crippen molar-refractivity contribution in [1.29, 1.82) is 0 Å². The molecule has 0 radical (unpaired) electrons. The van der Waals surface area contributed by atoms with Crippen LogP contribution in [0.1, 0.15) is 177 Å². The molecule has 7 aromatic rings. The molecule has 10 aliphatic heterocycles. The molecule has 4 unspecified atom stereocenters. The predicted octanol–water partition coefficient (Wildman–Crippen LogP) is 6.35. The summed E-state index contributed by atoms with van der Waals surface area (Å²) in [5.41, 5.74) is 16.3. The van der Waals surface area contributed by atoms with Crippen LogP contribution in [0.3, 0.4) is 0 Å². The SMILES string of the molecule is Cc1cc(Nc2nc(N3CCCC(NC(=O)N4CCC5(CC4)CCN(c4ccc6c(c4)C(=O)N(C4CCC(=O)NC4=O)C6=O)CC5)C3)cnc2C(N)=O)sn1.Cc1cc(Nc2nc(N3CCCC(NC(=O)Oc4ccc([N+](=O)[O-])cc4)C3)cnc2C(N)=O)sn1.O=C1CCC(N2C(=O)c3ccc(N4CCC5(CCNCC5)CC4)cc3C2=O)C(=O)N1. The quantitative estimate of drug-likeness (QED) is 0.0289. The van der Waals surface area contributed by atoms with E-state index in [4.69, 9.17) is 21.2 Å². The summed E-state index contributed by atoms with van der Waals surface area (Å²) in [5.74, 6) is -3.48. The van der Waals surface area contributed by atoms with Gasteiger partial charge in [0, 0.05) is 114 Å². The Kier molecular flexibility index (Phi) is 24.1. The van der Waals surface area contributed by atoms with Crippen molar-refractivity contribution in [2.75, 3.05) is 109 Å². The number of benzene rings is 3. The van der Waals surface area contributed by atoms with Gasteiger partial charge in [-0.25, -0.2) is 29.5 Å². The number of likely N-dealkylation sites (tertiary alicyclic amines) is 1. The number of nitrogens with two attached hydrogens (primary N) is 2. The number of non-ortho nitro benzene ring substituents is 1. The van der Waals surface area contributed by atoms with Crippen LogP contribution in [0.25, 0.3) is 0 Å². The van der Waals surface area contributed by atoms with Crippen LogP contribution in [0.5, 0.6) is 5.75 Å². The summed E-state index contributed by atoms with van der Waals surface area (Å²) >= 11 is 2.48. The topological polar surface area (TPSA) is 493 Å². The third-order valence-corrected chi connectivity index (χ3v) is 25.7. The molecule has 17 rings (SSSR count). The third kappa shape index (κ3) is 18.1. The molecule has 4 aromatic heterocycles. The first kappa shape index (κ1) is 82.4.